The van der Waals surface area contributed by atoms with E-state index >= 15 is 0 Å². The Balaban J connectivity index is 1.46. The van der Waals surface area contributed by atoms with E-state index in [9.17, 15) is 4.79 Å². The zero-order valence-corrected chi connectivity index (χ0v) is 18.6. The first-order valence-corrected chi connectivity index (χ1v) is 11.1. The molecule has 8 nitrogen and oxygen atoms in total. The predicted octanol–water partition coefficient (Wildman–Crippen LogP) is 2.97. The quantitative estimate of drug-likeness (QED) is 0.457. The number of hydrogen-bond acceptors (Lipinski definition) is 7. The Kier molecular flexibility index (Phi) is 5.51. The van der Waals surface area contributed by atoms with Gasteiger partial charge in [-0.25, -0.2) is 4.98 Å². The van der Waals surface area contributed by atoms with Gasteiger partial charge in [0.05, 0.1) is 16.9 Å². The lowest BCUT2D eigenvalue weighted by molar-refractivity contribution is 0.0989. The summed E-state index contributed by atoms with van der Waals surface area (Å²) < 4.78 is 1.81. The van der Waals surface area contributed by atoms with Gasteiger partial charge in [-0.15, -0.1) is 0 Å². The molecule has 0 saturated carbocycles. The third-order valence-corrected chi connectivity index (χ3v) is 6.26. The van der Waals surface area contributed by atoms with Crippen LogP contribution in [0.25, 0.3) is 22.2 Å². The molecule has 33 heavy (non-hydrogen) atoms. The van der Waals surface area contributed by atoms with Gasteiger partial charge < -0.3 is 16.4 Å². The molecule has 5 rings (SSSR count). The number of aryl methyl sites for hydroxylation is 1. The Labute approximate surface area is 192 Å². The summed E-state index contributed by atoms with van der Waals surface area (Å²) in [6, 6.07) is 11.8. The highest BCUT2D eigenvalue weighted by atomic mass is 16.1. The SMILES string of the molecule is Cn1nccc1-c1ccc2cc(N)c(C(=O)Cc3cnccc3N3CCC[C@H](N)C3)nc2c1. The molecule has 4 heterocycles. The van der Waals surface area contributed by atoms with Crippen molar-refractivity contribution in [3.8, 4) is 11.3 Å². The second-order valence-electron chi connectivity index (χ2n) is 8.63. The zero-order chi connectivity index (χ0) is 22.9. The predicted molar refractivity (Wildman–Crippen MR) is 130 cm³/mol. The first kappa shape index (κ1) is 21.1. The van der Waals surface area contributed by atoms with Gasteiger partial charge in [0.1, 0.15) is 5.69 Å². The van der Waals surface area contributed by atoms with Crippen molar-refractivity contribution in [2.24, 2.45) is 12.8 Å². The molecule has 0 unspecified atom stereocenters. The molecule has 8 heteroatoms. The summed E-state index contributed by atoms with van der Waals surface area (Å²) in [5, 5.41) is 5.12. The van der Waals surface area contributed by atoms with Crippen LogP contribution in [0.3, 0.4) is 0 Å². The Morgan fingerprint density at radius 2 is 2.06 bits per heavy atom. The number of ketones is 1. The highest BCUT2D eigenvalue weighted by Gasteiger charge is 2.22. The number of nitrogens with zero attached hydrogens (tertiary/aromatic N) is 5. The normalized spacial score (nSPS) is 16.3. The lowest BCUT2D eigenvalue weighted by atomic mass is 10.0. The van der Waals surface area contributed by atoms with Gasteiger partial charge in [-0.3, -0.25) is 14.5 Å². The van der Waals surface area contributed by atoms with Crippen LogP contribution in [-0.4, -0.2) is 44.7 Å². The van der Waals surface area contributed by atoms with E-state index in [-0.39, 0.29) is 23.9 Å². The fourth-order valence-electron chi connectivity index (χ4n) is 4.57. The van der Waals surface area contributed by atoms with Crippen LogP contribution in [-0.2, 0) is 13.5 Å². The molecule has 0 aliphatic carbocycles. The number of rotatable bonds is 5. The van der Waals surface area contributed by atoms with E-state index in [4.69, 9.17) is 11.5 Å². The van der Waals surface area contributed by atoms with Crippen LogP contribution in [0.5, 0.6) is 0 Å². The molecule has 3 aromatic heterocycles. The van der Waals surface area contributed by atoms with E-state index < -0.39 is 0 Å². The second kappa shape index (κ2) is 8.63. The molecule has 0 spiro atoms. The molecule has 1 aliphatic heterocycles. The van der Waals surface area contributed by atoms with Crippen LogP contribution < -0.4 is 16.4 Å². The summed E-state index contributed by atoms with van der Waals surface area (Å²) in [5.74, 6) is -0.129. The molecule has 0 bridgehead atoms. The summed E-state index contributed by atoms with van der Waals surface area (Å²) >= 11 is 0. The fourth-order valence-corrected chi connectivity index (χ4v) is 4.57. The zero-order valence-electron chi connectivity index (χ0n) is 18.6. The van der Waals surface area contributed by atoms with E-state index in [1.54, 1.807) is 23.3 Å². The monoisotopic (exact) mass is 441 g/mol. The van der Waals surface area contributed by atoms with Crippen molar-refractivity contribution in [2.75, 3.05) is 23.7 Å². The van der Waals surface area contributed by atoms with E-state index in [0.29, 0.717) is 5.69 Å². The first-order valence-electron chi connectivity index (χ1n) is 11.1. The maximum absolute atomic E-state index is 13.3. The number of pyridine rings is 2. The number of carbonyl (C=O) groups is 1. The maximum Gasteiger partial charge on any atom is 0.187 e. The molecule has 1 saturated heterocycles. The average molecular weight is 442 g/mol. The summed E-state index contributed by atoms with van der Waals surface area (Å²) in [7, 11) is 1.89. The number of carbonyl (C=O) groups excluding carboxylic acids is 1. The molecular weight excluding hydrogens is 414 g/mol. The number of piperidine rings is 1. The molecule has 0 amide bonds. The number of anilines is 2. The number of hydrogen-bond donors (Lipinski definition) is 2. The van der Waals surface area contributed by atoms with Crippen LogP contribution in [0.15, 0.2) is 55.0 Å². The van der Waals surface area contributed by atoms with Gasteiger partial charge in [0.15, 0.2) is 5.78 Å². The number of Topliss-reactive ketones (excluding diaryl/α,β-unsaturated/α-hetero) is 1. The van der Waals surface area contributed by atoms with Gasteiger partial charge in [0, 0.05) is 73.4 Å². The van der Waals surface area contributed by atoms with Crippen LogP contribution in [0.2, 0.25) is 0 Å². The summed E-state index contributed by atoms with van der Waals surface area (Å²) in [4.78, 5) is 24.5. The topological polar surface area (TPSA) is 116 Å². The standard InChI is InChI=1S/C25H27N7O/c1-31-22(7-9-29-31)17-5-4-16-11-20(27)25(30-21(16)12-17)24(33)13-18-14-28-8-6-23(18)32-10-2-3-19(26)15-32/h4-9,11-12,14,19H,2-3,10,13,15,26-27H2,1H3/t19-/m0/s1. The Morgan fingerprint density at radius 1 is 1.18 bits per heavy atom. The molecule has 1 atom stereocenters. The summed E-state index contributed by atoms with van der Waals surface area (Å²) in [5.41, 5.74) is 17.6. The highest BCUT2D eigenvalue weighted by Crippen LogP contribution is 2.28. The molecule has 1 fully saturated rings. The van der Waals surface area contributed by atoms with E-state index in [1.807, 2.05) is 43.4 Å². The Bertz CT molecular complexity index is 1330. The van der Waals surface area contributed by atoms with Crippen molar-refractivity contribution < 1.29 is 4.79 Å². The Morgan fingerprint density at radius 3 is 2.85 bits per heavy atom. The maximum atomic E-state index is 13.3. The Hall–Kier alpha value is -3.78. The van der Waals surface area contributed by atoms with Crippen molar-refractivity contribution in [1.82, 2.24) is 19.7 Å². The molecule has 4 aromatic rings. The van der Waals surface area contributed by atoms with Gasteiger partial charge in [-0.2, -0.15) is 5.10 Å². The van der Waals surface area contributed by atoms with Crippen LogP contribution in [0, 0.1) is 0 Å². The van der Waals surface area contributed by atoms with E-state index in [0.717, 1.165) is 59.3 Å². The number of nitrogen functional groups attached to an aromatic ring is 1. The molecule has 4 N–H and O–H groups in total. The van der Waals surface area contributed by atoms with Crippen molar-refractivity contribution in [3.05, 3.63) is 66.2 Å². The van der Waals surface area contributed by atoms with E-state index in [2.05, 4.69) is 20.0 Å². The minimum atomic E-state index is -0.129. The van der Waals surface area contributed by atoms with Crippen LogP contribution in [0.1, 0.15) is 28.9 Å². The minimum Gasteiger partial charge on any atom is -0.397 e. The first-order chi connectivity index (χ1) is 16.0. The second-order valence-corrected chi connectivity index (χ2v) is 8.63. The highest BCUT2D eigenvalue weighted by molar-refractivity contribution is 6.03. The van der Waals surface area contributed by atoms with E-state index in [1.165, 1.54) is 0 Å². The van der Waals surface area contributed by atoms with Gasteiger partial charge in [-0.1, -0.05) is 12.1 Å². The smallest absolute Gasteiger partial charge is 0.187 e. The van der Waals surface area contributed by atoms with Crippen molar-refractivity contribution in [1.29, 1.82) is 0 Å². The summed E-state index contributed by atoms with van der Waals surface area (Å²) in [6.45, 7) is 1.70. The number of aromatic nitrogens is 4. The van der Waals surface area contributed by atoms with Crippen molar-refractivity contribution in [2.45, 2.75) is 25.3 Å². The molecular formula is C25H27N7O. The fraction of sp³-hybridized carbons (Fsp3) is 0.280. The third kappa shape index (κ3) is 4.17. The number of nitrogens with two attached hydrogens (primary N) is 2. The molecule has 1 aromatic carbocycles. The molecule has 168 valence electrons. The number of benzene rings is 1. The van der Waals surface area contributed by atoms with Crippen molar-refractivity contribution >= 4 is 28.1 Å². The molecule has 0 radical (unpaired) electrons. The lowest BCUT2D eigenvalue weighted by Crippen LogP contribution is -2.43. The summed E-state index contributed by atoms with van der Waals surface area (Å²) in [6.07, 6.45) is 7.50. The van der Waals surface area contributed by atoms with Crippen LogP contribution in [0.4, 0.5) is 11.4 Å². The number of fused-ring (bicyclic) bond motifs is 1. The van der Waals surface area contributed by atoms with Gasteiger partial charge >= 0.3 is 0 Å². The lowest BCUT2D eigenvalue weighted by Gasteiger charge is -2.33. The minimum absolute atomic E-state index is 0.129. The van der Waals surface area contributed by atoms with Crippen LogP contribution >= 0.6 is 0 Å². The average Bonchev–Trinajstić information content (AvgIpc) is 3.24. The van der Waals surface area contributed by atoms with Gasteiger partial charge in [0.25, 0.3) is 0 Å². The third-order valence-electron chi connectivity index (χ3n) is 6.26. The largest absolute Gasteiger partial charge is 0.397 e. The van der Waals surface area contributed by atoms with Crippen molar-refractivity contribution in [3.63, 3.8) is 0 Å². The van der Waals surface area contributed by atoms with Gasteiger partial charge in [-0.05, 0) is 37.1 Å². The van der Waals surface area contributed by atoms with Gasteiger partial charge in [0.2, 0.25) is 0 Å². The molecule has 1 aliphatic rings.